The van der Waals surface area contributed by atoms with Gasteiger partial charge in [-0.1, -0.05) is 48.5 Å². The highest BCUT2D eigenvalue weighted by Crippen LogP contribution is 2.20. The fraction of sp³-hybridized carbons (Fsp3) is 0.407. The first-order chi connectivity index (χ1) is 17.6. The van der Waals surface area contributed by atoms with Crippen LogP contribution in [0.4, 0.5) is 0 Å². The van der Waals surface area contributed by atoms with E-state index in [2.05, 4.69) is 10.2 Å². The maximum atomic E-state index is 13.5. The first-order valence-corrected chi connectivity index (χ1v) is 12.5. The van der Waals surface area contributed by atoms with Gasteiger partial charge in [-0.3, -0.25) is 19.5 Å². The number of nitrogens with one attached hydrogen (secondary N) is 1. The van der Waals surface area contributed by atoms with Gasteiger partial charge in [-0.2, -0.15) is 5.10 Å². The summed E-state index contributed by atoms with van der Waals surface area (Å²) in [5.41, 5.74) is 2.11. The number of amides is 3. The summed E-state index contributed by atoms with van der Waals surface area (Å²) >= 11 is 0. The van der Waals surface area contributed by atoms with Gasteiger partial charge in [0.2, 0.25) is 11.8 Å². The van der Waals surface area contributed by atoms with Crippen molar-refractivity contribution in [3.8, 4) is 0 Å². The molecule has 0 unspecified atom stereocenters. The molecule has 3 amide bonds. The SMILES string of the molecule is O=C1CCCN1CCCN1C[C@@H](OCc2ccccc2)CN(C(=O)c2n[nH]c3ccccc23)CC1=O. The van der Waals surface area contributed by atoms with Crippen molar-refractivity contribution in [3.05, 3.63) is 65.9 Å². The highest BCUT2D eigenvalue weighted by Gasteiger charge is 2.33. The van der Waals surface area contributed by atoms with Gasteiger partial charge in [0.05, 0.1) is 18.2 Å². The average molecular weight is 490 g/mol. The number of H-pyrrole nitrogens is 1. The number of hydrogen-bond donors (Lipinski definition) is 1. The second-order valence-corrected chi connectivity index (χ2v) is 9.40. The van der Waals surface area contributed by atoms with Crippen molar-refractivity contribution < 1.29 is 19.1 Å². The van der Waals surface area contributed by atoms with E-state index in [0.29, 0.717) is 51.3 Å². The van der Waals surface area contributed by atoms with Gasteiger partial charge in [0.1, 0.15) is 6.54 Å². The molecule has 36 heavy (non-hydrogen) atoms. The fourth-order valence-corrected chi connectivity index (χ4v) is 4.91. The standard InChI is InChI=1S/C27H31N5O4/c33-24-12-6-13-30(24)14-7-15-31-16-21(36-19-20-8-2-1-3-9-20)17-32(18-25(31)34)27(35)26-22-10-4-5-11-23(22)28-29-26/h1-5,8-11,21H,6-7,12-19H2,(H,28,29)/t21-/m1/s1. The van der Waals surface area contributed by atoms with Crippen molar-refractivity contribution in [1.29, 1.82) is 0 Å². The number of carbonyl (C=O) groups is 3. The molecule has 2 aromatic carbocycles. The summed E-state index contributed by atoms with van der Waals surface area (Å²) in [6, 6.07) is 17.3. The zero-order chi connectivity index (χ0) is 24.9. The van der Waals surface area contributed by atoms with Crippen LogP contribution in [0.15, 0.2) is 54.6 Å². The number of rotatable bonds is 8. The van der Waals surface area contributed by atoms with Crippen molar-refractivity contribution >= 4 is 28.6 Å². The molecule has 0 saturated carbocycles. The lowest BCUT2D eigenvalue weighted by Crippen LogP contribution is -2.40. The third-order valence-electron chi connectivity index (χ3n) is 6.84. The lowest BCUT2D eigenvalue weighted by Gasteiger charge is -2.25. The monoisotopic (exact) mass is 489 g/mol. The number of likely N-dealkylation sites (tertiary alicyclic amines) is 1. The zero-order valence-corrected chi connectivity index (χ0v) is 20.3. The Balaban J connectivity index is 1.30. The molecule has 5 rings (SSSR count). The molecule has 1 atom stereocenters. The summed E-state index contributed by atoms with van der Waals surface area (Å²) in [7, 11) is 0. The minimum atomic E-state index is -0.348. The van der Waals surface area contributed by atoms with Crippen LogP contribution in [0, 0.1) is 0 Å². The van der Waals surface area contributed by atoms with Crippen LogP contribution in [0.3, 0.4) is 0 Å². The van der Waals surface area contributed by atoms with E-state index < -0.39 is 0 Å². The first-order valence-electron chi connectivity index (χ1n) is 12.5. The first kappa shape index (κ1) is 24.0. The largest absolute Gasteiger partial charge is 0.370 e. The molecule has 1 N–H and O–H groups in total. The van der Waals surface area contributed by atoms with Gasteiger partial charge in [-0.05, 0) is 24.5 Å². The van der Waals surface area contributed by atoms with Crippen LogP contribution in [0.1, 0.15) is 35.3 Å². The number of aromatic nitrogens is 2. The number of benzene rings is 2. The van der Waals surface area contributed by atoms with Gasteiger partial charge in [0.15, 0.2) is 5.69 Å². The summed E-state index contributed by atoms with van der Waals surface area (Å²) in [6.07, 6.45) is 1.85. The summed E-state index contributed by atoms with van der Waals surface area (Å²) in [5, 5.41) is 7.88. The van der Waals surface area contributed by atoms with Crippen LogP contribution >= 0.6 is 0 Å². The maximum Gasteiger partial charge on any atom is 0.275 e. The quantitative estimate of drug-likeness (QED) is 0.524. The number of carbonyl (C=O) groups excluding carboxylic acids is 3. The van der Waals surface area contributed by atoms with Crippen molar-refractivity contribution in [2.75, 3.05) is 39.3 Å². The van der Waals surface area contributed by atoms with E-state index >= 15 is 0 Å². The normalized spacial score (nSPS) is 18.8. The van der Waals surface area contributed by atoms with Gasteiger partial charge >= 0.3 is 0 Å². The molecule has 188 valence electrons. The van der Waals surface area contributed by atoms with E-state index in [-0.39, 0.29) is 30.4 Å². The molecule has 2 aliphatic heterocycles. The Morgan fingerprint density at radius 1 is 0.972 bits per heavy atom. The number of ether oxygens (including phenoxy) is 1. The lowest BCUT2D eigenvalue weighted by atomic mass is 10.2. The van der Waals surface area contributed by atoms with Gasteiger partial charge in [-0.25, -0.2) is 0 Å². The molecule has 2 aliphatic rings. The van der Waals surface area contributed by atoms with Crippen LogP contribution in [0.5, 0.6) is 0 Å². The minimum absolute atomic E-state index is 0.0339. The zero-order valence-electron chi connectivity index (χ0n) is 20.3. The van der Waals surface area contributed by atoms with Crippen LogP contribution < -0.4 is 0 Å². The number of nitrogens with zero attached hydrogens (tertiary/aromatic N) is 4. The van der Waals surface area contributed by atoms with Gasteiger partial charge in [0.25, 0.3) is 5.91 Å². The molecule has 1 aromatic heterocycles. The highest BCUT2D eigenvalue weighted by molar-refractivity contribution is 6.05. The summed E-state index contributed by atoms with van der Waals surface area (Å²) in [5.74, 6) is -0.232. The number of hydrogen-bond acceptors (Lipinski definition) is 5. The molecule has 3 aromatic rings. The van der Waals surface area contributed by atoms with Crippen molar-refractivity contribution in [2.45, 2.75) is 32.0 Å². The topological polar surface area (TPSA) is 98.8 Å². The Hall–Kier alpha value is -3.72. The molecule has 2 saturated heterocycles. The molecule has 0 bridgehead atoms. The maximum absolute atomic E-state index is 13.5. The lowest BCUT2D eigenvalue weighted by molar-refractivity contribution is -0.131. The van der Waals surface area contributed by atoms with Crippen LogP contribution in [0.2, 0.25) is 0 Å². The predicted octanol–water partition coefficient (Wildman–Crippen LogP) is 2.45. The Bertz CT molecular complexity index is 1230. The van der Waals surface area contributed by atoms with Gasteiger partial charge < -0.3 is 19.4 Å². The van der Waals surface area contributed by atoms with E-state index in [0.717, 1.165) is 29.4 Å². The van der Waals surface area contributed by atoms with Gasteiger partial charge in [-0.15, -0.1) is 0 Å². The molecule has 2 fully saturated rings. The summed E-state index contributed by atoms with van der Waals surface area (Å²) in [4.78, 5) is 43.9. The third-order valence-corrected chi connectivity index (χ3v) is 6.84. The number of aromatic amines is 1. The summed E-state index contributed by atoms with van der Waals surface area (Å²) in [6.45, 7) is 2.98. The van der Waals surface area contributed by atoms with Crippen molar-refractivity contribution in [2.24, 2.45) is 0 Å². The molecular formula is C27H31N5O4. The second-order valence-electron chi connectivity index (χ2n) is 9.40. The van der Waals surface area contributed by atoms with E-state index in [1.807, 2.05) is 59.5 Å². The Morgan fingerprint density at radius 2 is 1.75 bits per heavy atom. The highest BCUT2D eigenvalue weighted by atomic mass is 16.5. The molecule has 3 heterocycles. The molecule has 0 radical (unpaired) electrons. The van der Waals surface area contributed by atoms with Crippen molar-refractivity contribution in [3.63, 3.8) is 0 Å². The average Bonchev–Trinajstić information content (AvgIpc) is 3.47. The summed E-state index contributed by atoms with van der Waals surface area (Å²) < 4.78 is 6.23. The predicted molar refractivity (Wildman–Crippen MR) is 134 cm³/mol. The van der Waals surface area contributed by atoms with Crippen LogP contribution in [0.25, 0.3) is 10.9 Å². The van der Waals surface area contributed by atoms with E-state index in [4.69, 9.17) is 4.74 Å². The molecule has 9 nitrogen and oxygen atoms in total. The number of para-hydroxylation sites is 1. The van der Waals surface area contributed by atoms with Crippen LogP contribution in [-0.4, -0.2) is 88.0 Å². The fourth-order valence-electron chi connectivity index (χ4n) is 4.91. The Morgan fingerprint density at radius 3 is 2.56 bits per heavy atom. The Kier molecular flexibility index (Phi) is 7.27. The van der Waals surface area contributed by atoms with Gasteiger partial charge in [0, 0.05) is 44.5 Å². The molecular weight excluding hydrogens is 458 g/mol. The van der Waals surface area contributed by atoms with E-state index in [1.165, 1.54) is 0 Å². The van der Waals surface area contributed by atoms with E-state index in [9.17, 15) is 14.4 Å². The molecule has 0 aliphatic carbocycles. The second kappa shape index (κ2) is 10.9. The van der Waals surface area contributed by atoms with E-state index in [1.54, 1.807) is 9.80 Å². The van der Waals surface area contributed by atoms with Crippen molar-refractivity contribution in [1.82, 2.24) is 24.9 Å². The smallest absolute Gasteiger partial charge is 0.275 e. The van der Waals surface area contributed by atoms with Crippen LogP contribution in [-0.2, 0) is 20.9 Å². The molecule has 0 spiro atoms. The Labute approximate surface area is 210 Å². The number of fused-ring (bicyclic) bond motifs is 1. The minimum Gasteiger partial charge on any atom is -0.370 e. The third kappa shape index (κ3) is 5.41. The molecule has 9 heteroatoms.